The third-order valence-electron chi connectivity index (χ3n) is 9.30. The first-order valence-electron chi connectivity index (χ1n) is 15.9. The van der Waals surface area contributed by atoms with E-state index in [0.717, 1.165) is 62.1 Å². The van der Waals surface area contributed by atoms with Gasteiger partial charge in [0, 0.05) is 29.8 Å². The summed E-state index contributed by atoms with van der Waals surface area (Å²) in [4.78, 5) is 38.4. The number of carbonyl (C=O) groups excluding carboxylic acids is 1. The highest BCUT2D eigenvalue weighted by Gasteiger charge is 2.48. The molecule has 8 nitrogen and oxygen atoms in total. The van der Waals surface area contributed by atoms with Crippen molar-refractivity contribution in [1.29, 1.82) is 0 Å². The van der Waals surface area contributed by atoms with E-state index in [4.69, 9.17) is 10.5 Å². The minimum absolute atomic E-state index is 0.0223. The summed E-state index contributed by atoms with van der Waals surface area (Å²) >= 11 is 0. The average molecular weight is 640 g/mol. The van der Waals surface area contributed by atoms with Crippen molar-refractivity contribution in [1.82, 2.24) is 9.88 Å². The van der Waals surface area contributed by atoms with Gasteiger partial charge in [0.25, 0.3) is 5.56 Å². The van der Waals surface area contributed by atoms with Crippen molar-refractivity contribution < 1.29 is 32.6 Å². The molecule has 246 valence electrons. The zero-order valence-corrected chi connectivity index (χ0v) is 26.0. The molecule has 3 aromatic rings. The average Bonchev–Trinajstić information content (AvgIpc) is 3.55. The molecular formula is C35H40F3N3O5. The van der Waals surface area contributed by atoms with Crippen LogP contribution in [-0.4, -0.2) is 39.1 Å². The molecule has 0 aliphatic heterocycles. The Hall–Kier alpha value is -4.12. The van der Waals surface area contributed by atoms with Crippen molar-refractivity contribution in [3.05, 3.63) is 87.5 Å². The maximum atomic E-state index is 15.5. The number of nitrogen functional groups attached to an aromatic ring is 1. The van der Waals surface area contributed by atoms with Crippen molar-refractivity contribution in [2.45, 2.75) is 89.3 Å². The van der Waals surface area contributed by atoms with Crippen LogP contribution in [0.1, 0.15) is 87.6 Å². The van der Waals surface area contributed by atoms with Crippen LogP contribution in [0, 0.1) is 29.3 Å². The van der Waals surface area contributed by atoms with Crippen molar-refractivity contribution >= 4 is 17.6 Å². The molecule has 0 amide bonds. The SMILES string of the molecule is CC(C)C[C@@](NC1CCC(Oc2cc(F)c(-n3c(N)c(C(=O)c4ccc(F)cc4)ccc3=O)c(F)c2)CC1)(C(=O)O)C1CCCC1. The second-order valence-electron chi connectivity index (χ2n) is 13.0. The first-order valence-corrected chi connectivity index (χ1v) is 15.9. The number of aromatic nitrogens is 1. The molecule has 2 fully saturated rings. The maximum Gasteiger partial charge on any atom is 0.324 e. The molecule has 11 heteroatoms. The molecule has 1 atom stereocenters. The van der Waals surface area contributed by atoms with Crippen LogP contribution in [0.5, 0.6) is 5.75 Å². The molecule has 2 aliphatic rings. The molecule has 0 saturated heterocycles. The monoisotopic (exact) mass is 639 g/mol. The van der Waals surface area contributed by atoms with E-state index in [1.165, 1.54) is 12.1 Å². The normalized spacial score (nSPS) is 20.0. The van der Waals surface area contributed by atoms with Crippen LogP contribution in [0.15, 0.2) is 53.3 Å². The zero-order valence-electron chi connectivity index (χ0n) is 26.0. The number of hydrogen-bond donors (Lipinski definition) is 3. The highest BCUT2D eigenvalue weighted by molar-refractivity contribution is 6.11. The second-order valence-corrected chi connectivity index (χ2v) is 13.0. The molecule has 5 rings (SSSR count). The number of pyridine rings is 1. The van der Waals surface area contributed by atoms with Crippen molar-refractivity contribution in [3.8, 4) is 11.4 Å². The lowest BCUT2D eigenvalue weighted by Gasteiger charge is -2.42. The molecule has 0 bridgehead atoms. The fraction of sp³-hybridized carbons (Fsp3) is 0.457. The number of benzene rings is 2. The van der Waals surface area contributed by atoms with E-state index in [1.807, 2.05) is 13.8 Å². The Bertz CT molecular complexity index is 1620. The molecular weight excluding hydrogens is 599 g/mol. The molecule has 0 unspecified atom stereocenters. The van der Waals surface area contributed by atoms with Gasteiger partial charge in [0.2, 0.25) is 0 Å². The largest absolute Gasteiger partial charge is 0.490 e. The van der Waals surface area contributed by atoms with E-state index < -0.39 is 51.8 Å². The third-order valence-corrected chi connectivity index (χ3v) is 9.30. The Morgan fingerprint density at radius 2 is 1.59 bits per heavy atom. The topological polar surface area (TPSA) is 124 Å². The van der Waals surface area contributed by atoms with Crippen LogP contribution in [0.3, 0.4) is 0 Å². The van der Waals surface area contributed by atoms with E-state index in [9.17, 15) is 23.9 Å². The number of carboxylic acid groups (broad SMARTS) is 1. The smallest absolute Gasteiger partial charge is 0.324 e. The molecule has 1 heterocycles. The van der Waals surface area contributed by atoms with Gasteiger partial charge < -0.3 is 15.6 Å². The summed E-state index contributed by atoms with van der Waals surface area (Å²) in [7, 11) is 0. The van der Waals surface area contributed by atoms with Crippen LogP contribution in [0.2, 0.25) is 0 Å². The summed E-state index contributed by atoms with van der Waals surface area (Å²) in [5, 5.41) is 13.9. The van der Waals surface area contributed by atoms with Crippen LogP contribution >= 0.6 is 0 Å². The Kier molecular flexibility index (Phi) is 9.91. The van der Waals surface area contributed by atoms with Gasteiger partial charge in [-0.05, 0) is 87.1 Å². The number of hydrogen-bond acceptors (Lipinski definition) is 6. The lowest BCUT2D eigenvalue weighted by atomic mass is 9.75. The standard InChI is InChI=1S/C35H40F3N3O5/c1-20(2)19-35(34(44)45,22-5-3-4-6-22)40-24-11-13-25(14-12-24)46-26-17-28(37)31(29(38)18-26)41-30(42)16-15-27(33(41)39)32(43)21-7-9-23(36)10-8-21/h7-10,15-18,20,22,24-25,40H,3-6,11-14,19,39H2,1-2H3,(H,44,45)/t24?,25?,35-/m0/s1. The molecule has 4 N–H and O–H groups in total. The minimum atomic E-state index is -1.11. The number of carbonyl (C=O) groups is 2. The van der Waals surface area contributed by atoms with Crippen LogP contribution in [0.25, 0.3) is 5.69 Å². The van der Waals surface area contributed by atoms with E-state index in [0.29, 0.717) is 36.7 Å². The van der Waals surface area contributed by atoms with Crippen molar-refractivity contribution in [2.75, 3.05) is 5.73 Å². The lowest BCUT2D eigenvalue weighted by Crippen LogP contribution is -2.61. The number of nitrogens with one attached hydrogen (secondary N) is 1. The van der Waals surface area contributed by atoms with Gasteiger partial charge in [-0.15, -0.1) is 0 Å². The van der Waals surface area contributed by atoms with Gasteiger partial charge >= 0.3 is 5.97 Å². The zero-order chi connectivity index (χ0) is 33.2. The highest BCUT2D eigenvalue weighted by atomic mass is 19.1. The summed E-state index contributed by atoms with van der Waals surface area (Å²) in [5.74, 6) is -4.46. The first-order chi connectivity index (χ1) is 21.9. The summed E-state index contributed by atoms with van der Waals surface area (Å²) < 4.78 is 50.8. The van der Waals surface area contributed by atoms with Crippen LogP contribution in [0.4, 0.5) is 19.0 Å². The number of ketones is 1. The Labute approximate surface area is 265 Å². The van der Waals surface area contributed by atoms with E-state index in [2.05, 4.69) is 5.32 Å². The van der Waals surface area contributed by atoms with Crippen molar-refractivity contribution in [3.63, 3.8) is 0 Å². The molecule has 2 aliphatic carbocycles. The number of nitrogens with zero attached hydrogens (tertiary/aromatic N) is 1. The van der Waals surface area contributed by atoms with E-state index in [1.54, 1.807) is 0 Å². The number of ether oxygens (including phenoxy) is 1. The summed E-state index contributed by atoms with van der Waals surface area (Å²) in [6, 6.07) is 8.74. The number of halogens is 3. The van der Waals surface area contributed by atoms with Crippen LogP contribution in [-0.2, 0) is 4.79 Å². The number of rotatable bonds is 11. The minimum Gasteiger partial charge on any atom is -0.490 e. The van der Waals surface area contributed by atoms with E-state index in [-0.39, 0.29) is 40.9 Å². The molecule has 2 aromatic carbocycles. The Morgan fingerprint density at radius 1 is 0.978 bits per heavy atom. The predicted octanol–water partition coefficient (Wildman–Crippen LogP) is 6.41. The predicted molar refractivity (Wildman–Crippen MR) is 168 cm³/mol. The van der Waals surface area contributed by atoms with E-state index >= 15 is 8.78 Å². The summed E-state index contributed by atoms with van der Waals surface area (Å²) in [6.45, 7) is 4.08. The molecule has 1 aromatic heterocycles. The van der Waals surface area contributed by atoms with Crippen molar-refractivity contribution in [2.24, 2.45) is 11.8 Å². The molecule has 0 spiro atoms. The van der Waals surface area contributed by atoms with Gasteiger partial charge in [0.1, 0.15) is 28.6 Å². The molecule has 0 radical (unpaired) electrons. The van der Waals surface area contributed by atoms with Gasteiger partial charge in [0.15, 0.2) is 17.4 Å². The van der Waals surface area contributed by atoms with Gasteiger partial charge in [-0.3, -0.25) is 24.3 Å². The molecule has 46 heavy (non-hydrogen) atoms. The van der Waals surface area contributed by atoms with Gasteiger partial charge in [0.05, 0.1) is 11.7 Å². The second kappa shape index (κ2) is 13.7. The number of aliphatic carboxylic acids is 1. The Morgan fingerprint density at radius 3 is 2.15 bits per heavy atom. The van der Waals surface area contributed by atoms with Gasteiger partial charge in [-0.1, -0.05) is 26.7 Å². The quantitative estimate of drug-likeness (QED) is 0.207. The Balaban J connectivity index is 1.30. The van der Waals surface area contributed by atoms with Gasteiger partial charge in [-0.25, -0.2) is 13.2 Å². The lowest BCUT2D eigenvalue weighted by molar-refractivity contribution is -0.149. The fourth-order valence-corrected chi connectivity index (χ4v) is 7.17. The number of nitrogens with two attached hydrogens (primary N) is 1. The maximum absolute atomic E-state index is 15.5. The third kappa shape index (κ3) is 6.84. The number of carboxylic acids is 1. The molecule has 2 saturated carbocycles. The fourth-order valence-electron chi connectivity index (χ4n) is 7.17. The summed E-state index contributed by atoms with van der Waals surface area (Å²) in [5.41, 5.74) is 3.44. The van der Waals surface area contributed by atoms with Gasteiger partial charge in [-0.2, -0.15) is 0 Å². The van der Waals surface area contributed by atoms with Crippen LogP contribution < -0.4 is 21.3 Å². The number of anilines is 1. The first kappa shape index (κ1) is 33.2. The summed E-state index contributed by atoms with van der Waals surface area (Å²) in [6.07, 6.45) is 6.47. The highest BCUT2D eigenvalue weighted by Crippen LogP contribution is 2.40.